The van der Waals surface area contributed by atoms with Crippen molar-refractivity contribution in [3.63, 3.8) is 0 Å². The third-order valence-electron chi connectivity index (χ3n) is 8.11. The Kier molecular flexibility index (Phi) is 6.43. The van der Waals surface area contributed by atoms with Crippen molar-refractivity contribution in [1.29, 1.82) is 0 Å². The fourth-order valence-electron chi connectivity index (χ4n) is 6.03. The van der Waals surface area contributed by atoms with E-state index in [1.807, 2.05) is 26.2 Å². The van der Waals surface area contributed by atoms with Crippen LogP contribution >= 0.6 is 0 Å². The van der Waals surface area contributed by atoms with E-state index in [0.717, 1.165) is 75.1 Å². The van der Waals surface area contributed by atoms with Crippen LogP contribution in [0.1, 0.15) is 17.5 Å². The van der Waals surface area contributed by atoms with Crippen molar-refractivity contribution in [2.45, 2.75) is 13.3 Å². The molecule has 2 aromatic carbocycles. The Bertz CT molecular complexity index is 2000. The fraction of sp³-hybridized carbons (Fsp3) is 0.235. The maximum Gasteiger partial charge on any atom is 0.138 e. The van der Waals surface area contributed by atoms with Crippen molar-refractivity contribution < 1.29 is 9.13 Å². The molecular weight excluding hydrogens is 527 g/mol. The van der Waals surface area contributed by atoms with Gasteiger partial charge in [-0.2, -0.15) is 5.10 Å². The van der Waals surface area contributed by atoms with E-state index in [1.54, 1.807) is 19.4 Å². The summed E-state index contributed by atoms with van der Waals surface area (Å²) in [6.45, 7) is 3.68. The van der Waals surface area contributed by atoms with Gasteiger partial charge in [-0.1, -0.05) is 12.1 Å². The number of halogens is 1. The molecule has 0 bridgehead atoms. The van der Waals surface area contributed by atoms with Crippen LogP contribution in [0, 0.1) is 18.7 Å². The van der Waals surface area contributed by atoms with E-state index in [4.69, 9.17) is 9.84 Å². The molecule has 3 heterocycles. The average Bonchev–Trinajstić information content (AvgIpc) is 3.45. The van der Waals surface area contributed by atoms with Crippen LogP contribution in [0.3, 0.4) is 0 Å². The number of aromatic amines is 2. The summed E-state index contributed by atoms with van der Waals surface area (Å²) in [4.78, 5) is 10.2. The summed E-state index contributed by atoms with van der Waals surface area (Å²) in [6, 6.07) is 15.5. The highest BCUT2D eigenvalue weighted by Crippen LogP contribution is 2.49. The molecule has 1 fully saturated rings. The number of nitrogens with one attached hydrogen (secondary N) is 3. The van der Waals surface area contributed by atoms with Crippen molar-refractivity contribution in [1.82, 2.24) is 25.1 Å². The SMILES string of the molecule is COc1cc(C)cc(C2=CC=c3[nH]nc(-c4cc5c(-c6cc(F)cc(NCCN(C)C)c6)ccnc5[nH]4)c3=C3CC23)c1. The predicted octanol–water partition coefficient (Wildman–Crippen LogP) is 5.10. The normalized spacial score (nSPS) is 15.6. The van der Waals surface area contributed by atoms with Gasteiger partial charge < -0.3 is 19.9 Å². The van der Waals surface area contributed by atoms with E-state index in [0.29, 0.717) is 5.92 Å². The summed E-state index contributed by atoms with van der Waals surface area (Å²) in [6.07, 6.45) is 7.09. The lowest BCUT2D eigenvalue weighted by Gasteiger charge is -2.13. The number of hydrogen-bond acceptors (Lipinski definition) is 5. The lowest BCUT2D eigenvalue weighted by atomic mass is 9.98. The Hall–Kier alpha value is -4.69. The van der Waals surface area contributed by atoms with Crippen LogP contribution < -0.4 is 20.6 Å². The van der Waals surface area contributed by atoms with Crippen LogP contribution in [-0.2, 0) is 0 Å². The topological polar surface area (TPSA) is 81.9 Å². The molecule has 0 amide bonds. The summed E-state index contributed by atoms with van der Waals surface area (Å²) in [5.41, 5.74) is 10.0. The van der Waals surface area contributed by atoms with E-state index in [1.165, 1.54) is 28.3 Å². The van der Waals surface area contributed by atoms with Gasteiger partial charge >= 0.3 is 0 Å². The first kappa shape index (κ1) is 26.2. The van der Waals surface area contributed by atoms with E-state index in [9.17, 15) is 4.39 Å². The standard InChI is InChI=1S/C34H33FN6O/c1-19-11-20(15-24(12-19)42-4)25-5-6-30-32(28-17-27(25)28)33(40-39-30)31-18-29-26(7-8-37-34(29)38-31)21-13-22(35)16-23(14-21)36-9-10-41(2)3/h5-8,11-16,18,27,36,39H,9-10,17H2,1-4H3,(H,37,38). The van der Waals surface area contributed by atoms with E-state index in [-0.39, 0.29) is 5.82 Å². The first-order chi connectivity index (χ1) is 20.4. The van der Waals surface area contributed by atoms with Gasteiger partial charge in [0.25, 0.3) is 0 Å². The van der Waals surface area contributed by atoms with Gasteiger partial charge in [0.05, 0.1) is 18.2 Å². The van der Waals surface area contributed by atoms with Crippen LogP contribution in [-0.4, -0.2) is 59.4 Å². The smallest absolute Gasteiger partial charge is 0.138 e. The Morgan fingerprint density at radius 3 is 2.79 bits per heavy atom. The molecule has 1 unspecified atom stereocenters. The second-order valence-corrected chi connectivity index (χ2v) is 11.4. The number of methoxy groups -OCH3 is 1. The van der Waals surface area contributed by atoms with Gasteiger partial charge in [0.1, 0.15) is 22.9 Å². The number of aryl methyl sites for hydroxylation is 1. The van der Waals surface area contributed by atoms with Crippen molar-refractivity contribution in [2.24, 2.45) is 5.92 Å². The molecule has 212 valence electrons. The number of benzene rings is 2. The molecule has 0 spiro atoms. The molecule has 2 aliphatic carbocycles. The van der Waals surface area contributed by atoms with Crippen LogP contribution in [0.15, 0.2) is 60.8 Å². The molecule has 1 atom stereocenters. The second kappa shape index (κ2) is 10.3. The molecule has 1 saturated carbocycles. The zero-order valence-electron chi connectivity index (χ0n) is 24.2. The molecule has 7 nitrogen and oxygen atoms in total. The Balaban J connectivity index is 1.26. The van der Waals surface area contributed by atoms with Gasteiger partial charge in [0.15, 0.2) is 0 Å². The highest BCUT2D eigenvalue weighted by Gasteiger charge is 2.37. The number of nitrogens with zero attached hydrogens (tertiary/aromatic N) is 3. The minimum absolute atomic E-state index is 0.278. The van der Waals surface area contributed by atoms with Crippen LogP contribution in [0.25, 0.3) is 50.8 Å². The molecule has 5 aromatic rings. The second-order valence-electron chi connectivity index (χ2n) is 11.4. The summed E-state index contributed by atoms with van der Waals surface area (Å²) in [7, 11) is 5.75. The Morgan fingerprint density at radius 2 is 1.95 bits per heavy atom. The number of aromatic nitrogens is 4. The van der Waals surface area contributed by atoms with E-state index in [2.05, 4.69) is 68.6 Å². The molecule has 3 aromatic heterocycles. The third-order valence-corrected chi connectivity index (χ3v) is 8.11. The molecule has 0 saturated heterocycles. The van der Waals surface area contributed by atoms with Gasteiger partial charge in [0.2, 0.25) is 0 Å². The van der Waals surface area contributed by atoms with Crippen molar-refractivity contribution in [3.05, 3.63) is 88.3 Å². The Morgan fingerprint density at radius 1 is 1.07 bits per heavy atom. The first-order valence-electron chi connectivity index (χ1n) is 14.2. The highest BCUT2D eigenvalue weighted by atomic mass is 19.1. The molecule has 0 aliphatic heterocycles. The maximum atomic E-state index is 14.7. The molecule has 42 heavy (non-hydrogen) atoms. The largest absolute Gasteiger partial charge is 0.497 e. The number of hydrogen-bond donors (Lipinski definition) is 3. The minimum atomic E-state index is -0.278. The number of likely N-dealkylation sites (N-methyl/N-ethyl adjacent to an activating group) is 1. The molecule has 7 rings (SSSR count). The lowest BCUT2D eigenvalue weighted by molar-refractivity contribution is 0.414. The van der Waals surface area contributed by atoms with Gasteiger partial charge in [-0.15, -0.1) is 0 Å². The van der Waals surface area contributed by atoms with Crippen LogP contribution in [0.5, 0.6) is 5.75 Å². The lowest BCUT2D eigenvalue weighted by Crippen LogP contribution is -2.23. The number of allylic oxidation sites excluding steroid dienone is 2. The summed E-state index contributed by atoms with van der Waals surface area (Å²) >= 11 is 0. The fourth-order valence-corrected chi connectivity index (χ4v) is 6.03. The third kappa shape index (κ3) is 4.77. The molecule has 8 heteroatoms. The van der Waals surface area contributed by atoms with Crippen LogP contribution in [0.4, 0.5) is 10.1 Å². The Labute approximate surface area is 243 Å². The summed E-state index contributed by atoms with van der Waals surface area (Å²) < 4.78 is 20.3. The number of ether oxygens (including phenoxy) is 1. The summed E-state index contributed by atoms with van der Waals surface area (Å²) in [5.74, 6) is 0.933. The van der Waals surface area contributed by atoms with Crippen LogP contribution in [0.2, 0.25) is 0 Å². The van der Waals surface area contributed by atoms with Gasteiger partial charge in [-0.25, -0.2) is 9.37 Å². The molecule has 3 N–H and O–H groups in total. The number of pyridine rings is 1. The van der Waals surface area contributed by atoms with E-state index < -0.39 is 0 Å². The van der Waals surface area contributed by atoms with Gasteiger partial charge in [-0.3, -0.25) is 5.10 Å². The molecular formula is C34H33FN6O. The quantitative estimate of drug-likeness (QED) is 0.246. The number of anilines is 1. The first-order valence-corrected chi connectivity index (χ1v) is 14.2. The van der Waals surface area contributed by atoms with Gasteiger partial charge in [-0.05, 0) is 109 Å². The zero-order valence-corrected chi connectivity index (χ0v) is 24.2. The zero-order chi connectivity index (χ0) is 29.0. The monoisotopic (exact) mass is 560 g/mol. The van der Waals surface area contributed by atoms with Gasteiger partial charge in [0, 0.05) is 41.5 Å². The summed E-state index contributed by atoms with van der Waals surface area (Å²) in [5, 5.41) is 14.4. The minimum Gasteiger partial charge on any atom is -0.497 e. The number of H-pyrrole nitrogens is 2. The molecule has 0 radical (unpaired) electrons. The van der Waals surface area contributed by atoms with Crippen molar-refractivity contribution >= 4 is 33.9 Å². The number of fused-ring (bicyclic) bond motifs is 3. The number of rotatable bonds is 8. The highest BCUT2D eigenvalue weighted by molar-refractivity contribution is 5.97. The average molecular weight is 561 g/mol. The van der Waals surface area contributed by atoms with E-state index >= 15 is 0 Å². The van der Waals surface area contributed by atoms with Crippen molar-refractivity contribution in [3.8, 4) is 28.3 Å². The predicted molar refractivity (Wildman–Crippen MR) is 167 cm³/mol. The van der Waals surface area contributed by atoms with Crippen molar-refractivity contribution in [2.75, 3.05) is 39.6 Å². The maximum absolute atomic E-state index is 14.7. The molecule has 2 aliphatic rings.